The van der Waals surface area contributed by atoms with Gasteiger partial charge in [-0.1, -0.05) is 17.7 Å². The third kappa shape index (κ3) is 3.33. The van der Waals surface area contributed by atoms with Crippen LogP contribution < -0.4 is 11.1 Å². The van der Waals surface area contributed by atoms with Gasteiger partial charge in [0.15, 0.2) is 0 Å². The number of nitrogens with two attached hydrogens (primary N) is 1. The van der Waals surface area contributed by atoms with Crippen LogP contribution in [-0.2, 0) is 6.18 Å². The fourth-order valence-corrected chi connectivity index (χ4v) is 1.87. The van der Waals surface area contributed by atoms with E-state index < -0.39 is 11.7 Å². The SMILES string of the molecule is Cc1ccc(C(F)(F)F)cc1Nc1cc(N)cc(Cl)n1. The number of aromatic nitrogens is 1. The van der Waals surface area contributed by atoms with Crippen LogP contribution >= 0.6 is 11.6 Å². The number of rotatable bonds is 2. The summed E-state index contributed by atoms with van der Waals surface area (Å²) in [7, 11) is 0. The van der Waals surface area contributed by atoms with Crippen LogP contribution in [0, 0.1) is 6.92 Å². The van der Waals surface area contributed by atoms with Gasteiger partial charge in [-0.3, -0.25) is 0 Å². The minimum atomic E-state index is -4.40. The molecule has 3 nitrogen and oxygen atoms in total. The van der Waals surface area contributed by atoms with Gasteiger partial charge in [-0.05, 0) is 30.7 Å². The fourth-order valence-electron chi connectivity index (χ4n) is 1.65. The first kappa shape index (κ1) is 14.5. The Kier molecular flexibility index (Phi) is 3.76. The van der Waals surface area contributed by atoms with Crippen LogP contribution in [0.15, 0.2) is 30.3 Å². The first-order valence-electron chi connectivity index (χ1n) is 5.63. The summed E-state index contributed by atoms with van der Waals surface area (Å²) in [5.74, 6) is 0.289. The van der Waals surface area contributed by atoms with Crippen molar-refractivity contribution >= 4 is 28.8 Å². The Morgan fingerprint density at radius 2 is 1.90 bits per heavy atom. The highest BCUT2D eigenvalue weighted by Crippen LogP contribution is 2.33. The molecule has 0 spiro atoms. The molecule has 0 saturated heterocycles. The topological polar surface area (TPSA) is 50.9 Å². The molecule has 0 aliphatic heterocycles. The summed E-state index contributed by atoms with van der Waals surface area (Å²) in [6, 6.07) is 6.38. The number of halogens is 4. The lowest BCUT2D eigenvalue weighted by Gasteiger charge is -2.13. The molecule has 1 aromatic carbocycles. The summed E-state index contributed by atoms with van der Waals surface area (Å²) in [5.41, 5.74) is 6.19. The standard InChI is InChI=1S/C13H11ClF3N3/c1-7-2-3-8(13(15,16)17)4-10(7)19-12-6-9(18)5-11(14)20-12/h2-6H,1H3,(H3,18,19,20). The smallest absolute Gasteiger partial charge is 0.399 e. The van der Waals surface area contributed by atoms with Crippen molar-refractivity contribution in [3.05, 3.63) is 46.6 Å². The minimum absolute atomic E-state index is 0.164. The van der Waals surface area contributed by atoms with E-state index in [0.29, 0.717) is 16.9 Å². The van der Waals surface area contributed by atoms with Gasteiger partial charge in [-0.2, -0.15) is 13.2 Å². The van der Waals surface area contributed by atoms with Crippen LogP contribution in [0.3, 0.4) is 0 Å². The molecule has 3 N–H and O–H groups in total. The first-order valence-corrected chi connectivity index (χ1v) is 6.01. The van der Waals surface area contributed by atoms with E-state index in [4.69, 9.17) is 17.3 Å². The minimum Gasteiger partial charge on any atom is -0.399 e. The number of benzene rings is 1. The predicted molar refractivity (Wildman–Crippen MR) is 73.1 cm³/mol. The van der Waals surface area contributed by atoms with Crippen LogP contribution in [0.4, 0.5) is 30.4 Å². The molecule has 0 amide bonds. The third-order valence-electron chi connectivity index (χ3n) is 2.64. The van der Waals surface area contributed by atoms with Crippen molar-refractivity contribution in [2.75, 3.05) is 11.1 Å². The Hall–Kier alpha value is -1.95. The monoisotopic (exact) mass is 301 g/mol. The number of alkyl halides is 3. The molecule has 0 fully saturated rings. The summed E-state index contributed by atoms with van der Waals surface area (Å²) >= 11 is 5.75. The summed E-state index contributed by atoms with van der Waals surface area (Å²) in [5, 5.41) is 2.95. The maximum absolute atomic E-state index is 12.7. The van der Waals surface area contributed by atoms with Crippen molar-refractivity contribution < 1.29 is 13.2 Å². The number of hydrogen-bond donors (Lipinski definition) is 2. The van der Waals surface area contributed by atoms with E-state index in [2.05, 4.69) is 10.3 Å². The van der Waals surface area contributed by atoms with E-state index in [1.165, 1.54) is 18.2 Å². The van der Waals surface area contributed by atoms with E-state index in [9.17, 15) is 13.2 Å². The molecule has 0 unspecified atom stereocenters. The second-order valence-electron chi connectivity index (χ2n) is 4.26. The van der Waals surface area contributed by atoms with Gasteiger partial charge in [0.1, 0.15) is 11.0 Å². The van der Waals surface area contributed by atoms with E-state index in [1.54, 1.807) is 6.92 Å². The van der Waals surface area contributed by atoms with Gasteiger partial charge in [0.25, 0.3) is 0 Å². The van der Waals surface area contributed by atoms with Crippen molar-refractivity contribution in [1.82, 2.24) is 4.98 Å². The van der Waals surface area contributed by atoms with Gasteiger partial charge in [-0.15, -0.1) is 0 Å². The number of nitrogens with zero attached hydrogens (tertiary/aromatic N) is 1. The predicted octanol–water partition coefficient (Wildman–Crippen LogP) is 4.39. The van der Waals surface area contributed by atoms with E-state index >= 15 is 0 Å². The van der Waals surface area contributed by atoms with Crippen LogP contribution in [0.2, 0.25) is 5.15 Å². The number of nitrogens with one attached hydrogen (secondary N) is 1. The highest BCUT2D eigenvalue weighted by Gasteiger charge is 2.30. The van der Waals surface area contributed by atoms with Crippen molar-refractivity contribution in [3.8, 4) is 0 Å². The number of anilines is 3. The molecular weight excluding hydrogens is 291 g/mol. The Balaban J connectivity index is 2.37. The summed E-state index contributed by atoms with van der Waals surface area (Å²) in [6.07, 6.45) is -4.40. The maximum atomic E-state index is 12.7. The van der Waals surface area contributed by atoms with Crippen molar-refractivity contribution in [2.45, 2.75) is 13.1 Å². The van der Waals surface area contributed by atoms with E-state index in [0.717, 1.165) is 12.1 Å². The molecule has 0 aliphatic rings. The molecule has 0 aliphatic carbocycles. The van der Waals surface area contributed by atoms with Gasteiger partial charge in [0.05, 0.1) is 5.56 Å². The van der Waals surface area contributed by atoms with Crippen LogP contribution in [0.1, 0.15) is 11.1 Å². The highest BCUT2D eigenvalue weighted by atomic mass is 35.5. The summed E-state index contributed by atoms with van der Waals surface area (Å²) < 4.78 is 38.0. The van der Waals surface area contributed by atoms with Crippen LogP contribution in [0.25, 0.3) is 0 Å². The normalized spacial score (nSPS) is 11.4. The number of hydrogen-bond acceptors (Lipinski definition) is 3. The maximum Gasteiger partial charge on any atom is 0.416 e. The van der Waals surface area contributed by atoms with Crippen molar-refractivity contribution in [2.24, 2.45) is 0 Å². The lowest BCUT2D eigenvalue weighted by atomic mass is 10.1. The van der Waals surface area contributed by atoms with Crippen molar-refractivity contribution in [1.29, 1.82) is 0 Å². The zero-order valence-corrected chi connectivity index (χ0v) is 11.2. The van der Waals surface area contributed by atoms with Crippen LogP contribution in [-0.4, -0.2) is 4.98 Å². The number of aryl methyl sites for hydroxylation is 1. The molecule has 7 heteroatoms. The van der Waals surface area contributed by atoms with Crippen LogP contribution in [0.5, 0.6) is 0 Å². The molecule has 0 radical (unpaired) electrons. The Morgan fingerprint density at radius 1 is 1.20 bits per heavy atom. The van der Waals surface area contributed by atoms with Crippen molar-refractivity contribution in [3.63, 3.8) is 0 Å². The number of nitrogen functional groups attached to an aromatic ring is 1. The average Bonchev–Trinajstić information content (AvgIpc) is 2.29. The molecule has 2 aromatic rings. The Bertz CT molecular complexity index is 621. The molecule has 20 heavy (non-hydrogen) atoms. The van der Waals surface area contributed by atoms with E-state index in [1.807, 2.05) is 0 Å². The molecule has 0 bridgehead atoms. The summed E-state index contributed by atoms with van der Waals surface area (Å²) in [4.78, 5) is 3.96. The molecule has 1 heterocycles. The molecular formula is C13H11ClF3N3. The lowest BCUT2D eigenvalue weighted by molar-refractivity contribution is -0.137. The zero-order chi connectivity index (χ0) is 14.9. The molecule has 0 atom stereocenters. The highest BCUT2D eigenvalue weighted by molar-refractivity contribution is 6.29. The van der Waals surface area contributed by atoms with Gasteiger partial charge in [0.2, 0.25) is 0 Å². The zero-order valence-electron chi connectivity index (χ0n) is 10.4. The van der Waals surface area contributed by atoms with E-state index in [-0.39, 0.29) is 11.0 Å². The first-order chi connectivity index (χ1) is 9.25. The lowest BCUT2D eigenvalue weighted by Crippen LogP contribution is -2.06. The summed E-state index contributed by atoms with van der Waals surface area (Å²) in [6.45, 7) is 1.69. The second-order valence-corrected chi connectivity index (χ2v) is 4.65. The van der Waals surface area contributed by atoms with Gasteiger partial charge in [0, 0.05) is 17.4 Å². The fraction of sp³-hybridized carbons (Fsp3) is 0.154. The van der Waals surface area contributed by atoms with Gasteiger partial charge >= 0.3 is 6.18 Å². The molecule has 106 valence electrons. The molecule has 1 aromatic heterocycles. The molecule has 2 rings (SSSR count). The largest absolute Gasteiger partial charge is 0.416 e. The third-order valence-corrected chi connectivity index (χ3v) is 2.84. The van der Waals surface area contributed by atoms with Gasteiger partial charge < -0.3 is 11.1 Å². The quantitative estimate of drug-likeness (QED) is 0.809. The Morgan fingerprint density at radius 3 is 2.50 bits per heavy atom. The number of pyridine rings is 1. The second kappa shape index (κ2) is 5.20. The van der Waals surface area contributed by atoms with Gasteiger partial charge in [-0.25, -0.2) is 4.98 Å². The average molecular weight is 302 g/mol. The Labute approximate surface area is 118 Å². The molecule has 0 saturated carbocycles.